The maximum absolute atomic E-state index is 4.07. The molecule has 38 heavy (non-hydrogen) atoms. The van der Waals surface area contributed by atoms with Crippen molar-refractivity contribution in [2.24, 2.45) is 0 Å². The largest absolute Gasteiger partial charge is 0.303 e. The van der Waals surface area contributed by atoms with Gasteiger partial charge < -0.3 is 5.32 Å². The van der Waals surface area contributed by atoms with E-state index in [1.165, 1.54) is 33.4 Å². The molecule has 0 saturated carbocycles. The fourth-order valence-corrected chi connectivity index (χ4v) is 5.82. The molecular formula is C36H44N2. The van der Waals surface area contributed by atoms with Crippen LogP contribution in [0.25, 0.3) is 0 Å². The predicted octanol–water partition coefficient (Wildman–Crippen LogP) is 8.44. The highest BCUT2D eigenvalue weighted by atomic mass is 15.2. The molecule has 1 saturated heterocycles. The van der Waals surface area contributed by atoms with Gasteiger partial charge in [-0.1, -0.05) is 115 Å². The zero-order chi connectivity index (χ0) is 26.8. The topological polar surface area (TPSA) is 15.3 Å². The summed E-state index contributed by atoms with van der Waals surface area (Å²) in [5.41, 5.74) is 8.35. The van der Waals surface area contributed by atoms with Gasteiger partial charge >= 0.3 is 0 Å². The highest BCUT2D eigenvalue weighted by Crippen LogP contribution is 2.39. The first kappa shape index (κ1) is 27.8. The Morgan fingerprint density at radius 2 is 1.39 bits per heavy atom. The van der Waals surface area contributed by atoms with Crippen LogP contribution in [0.3, 0.4) is 0 Å². The first-order chi connectivity index (χ1) is 18.6. The first-order valence-corrected chi connectivity index (χ1v) is 14.2. The molecule has 3 aromatic rings. The summed E-state index contributed by atoms with van der Waals surface area (Å²) >= 11 is 0. The molecule has 1 aliphatic rings. The van der Waals surface area contributed by atoms with Gasteiger partial charge in [-0.3, -0.25) is 4.90 Å². The van der Waals surface area contributed by atoms with Crippen molar-refractivity contribution in [3.8, 4) is 0 Å². The lowest BCUT2D eigenvalue weighted by Gasteiger charge is -2.46. The number of benzene rings is 3. The van der Waals surface area contributed by atoms with E-state index in [2.05, 4.69) is 147 Å². The zero-order valence-electron chi connectivity index (χ0n) is 23.7. The summed E-state index contributed by atoms with van der Waals surface area (Å²) in [6.07, 6.45) is 14.1. The zero-order valence-corrected chi connectivity index (χ0v) is 23.7. The third-order valence-electron chi connectivity index (χ3n) is 8.10. The predicted molar refractivity (Wildman–Crippen MR) is 163 cm³/mol. The van der Waals surface area contributed by atoms with E-state index in [1.54, 1.807) is 0 Å². The molecule has 1 N–H and O–H groups in total. The van der Waals surface area contributed by atoms with E-state index in [1.807, 2.05) is 0 Å². The monoisotopic (exact) mass is 504 g/mol. The van der Waals surface area contributed by atoms with Crippen molar-refractivity contribution in [3.05, 3.63) is 143 Å². The molecule has 2 nitrogen and oxygen atoms in total. The van der Waals surface area contributed by atoms with E-state index in [9.17, 15) is 0 Å². The number of nitrogens with zero attached hydrogens (tertiary/aromatic N) is 1. The van der Waals surface area contributed by atoms with Gasteiger partial charge in [-0.2, -0.15) is 0 Å². The standard InChI is InChI=1S/C36H44N2/c1-5-7-18-31(19-8-6-2)28-37-36(32-20-10-9-11-21-32)24-26-38(27-25-36)35(33-22-14-12-16-29(33)3)34-23-15-13-17-30(34)4/h5-18,20-23,35,37H,19,24-28H2,1-4H3/b7-5-,8-6+,31-18+. The average molecular weight is 505 g/mol. The number of allylic oxidation sites excluding steroid dienone is 5. The van der Waals surface area contributed by atoms with Gasteiger partial charge in [-0.15, -0.1) is 0 Å². The molecule has 0 unspecified atom stereocenters. The van der Waals surface area contributed by atoms with Gasteiger partial charge in [-0.05, 0) is 74.8 Å². The molecule has 1 fully saturated rings. The Morgan fingerprint density at radius 3 is 1.95 bits per heavy atom. The van der Waals surface area contributed by atoms with Gasteiger partial charge in [0, 0.05) is 25.2 Å². The smallest absolute Gasteiger partial charge is 0.0607 e. The lowest BCUT2D eigenvalue weighted by molar-refractivity contribution is 0.111. The van der Waals surface area contributed by atoms with Crippen molar-refractivity contribution in [3.63, 3.8) is 0 Å². The molecule has 1 heterocycles. The maximum atomic E-state index is 4.07. The summed E-state index contributed by atoms with van der Waals surface area (Å²) in [5, 5.41) is 4.07. The van der Waals surface area contributed by atoms with E-state index < -0.39 is 0 Å². The number of aryl methyl sites for hydroxylation is 2. The summed E-state index contributed by atoms with van der Waals surface area (Å²) in [7, 11) is 0. The Bertz CT molecular complexity index is 1200. The maximum Gasteiger partial charge on any atom is 0.0607 e. The van der Waals surface area contributed by atoms with Gasteiger partial charge in [-0.25, -0.2) is 0 Å². The van der Waals surface area contributed by atoms with Crippen LogP contribution in [0, 0.1) is 13.8 Å². The molecule has 0 radical (unpaired) electrons. The van der Waals surface area contributed by atoms with Gasteiger partial charge in [0.25, 0.3) is 0 Å². The molecule has 1 aliphatic heterocycles. The van der Waals surface area contributed by atoms with E-state index in [-0.39, 0.29) is 11.6 Å². The second-order valence-corrected chi connectivity index (χ2v) is 10.6. The molecule has 0 aromatic heterocycles. The molecule has 0 atom stereocenters. The molecule has 198 valence electrons. The molecule has 4 rings (SSSR count). The summed E-state index contributed by atoms with van der Waals surface area (Å²) in [6.45, 7) is 11.7. The molecule has 2 heteroatoms. The number of nitrogens with one attached hydrogen (secondary N) is 1. The fraction of sp³-hybridized carbons (Fsp3) is 0.333. The minimum atomic E-state index is -0.0370. The van der Waals surface area contributed by atoms with Crippen LogP contribution in [0.1, 0.15) is 67.0 Å². The number of piperidine rings is 1. The lowest BCUT2D eigenvalue weighted by atomic mass is 9.79. The van der Waals surface area contributed by atoms with E-state index in [4.69, 9.17) is 0 Å². The first-order valence-electron chi connectivity index (χ1n) is 14.2. The Morgan fingerprint density at radius 1 is 0.816 bits per heavy atom. The Hall–Kier alpha value is -3.20. The highest BCUT2D eigenvalue weighted by molar-refractivity contribution is 5.41. The number of rotatable bonds is 10. The van der Waals surface area contributed by atoms with E-state index >= 15 is 0 Å². The van der Waals surface area contributed by atoms with Crippen molar-refractivity contribution >= 4 is 0 Å². The third-order valence-corrected chi connectivity index (χ3v) is 8.10. The van der Waals surface area contributed by atoms with E-state index in [0.29, 0.717) is 0 Å². The summed E-state index contributed by atoms with van der Waals surface area (Å²) in [4.78, 5) is 2.71. The summed E-state index contributed by atoms with van der Waals surface area (Å²) in [5.74, 6) is 0. The summed E-state index contributed by atoms with van der Waals surface area (Å²) < 4.78 is 0. The molecular weight excluding hydrogens is 460 g/mol. The molecule has 0 aliphatic carbocycles. The van der Waals surface area contributed by atoms with E-state index in [0.717, 1.165) is 38.9 Å². The van der Waals surface area contributed by atoms with Crippen molar-refractivity contribution in [2.45, 2.75) is 58.5 Å². The van der Waals surface area contributed by atoms with Crippen LogP contribution in [-0.4, -0.2) is 24.5 Å². The molecule has 0 spiro atoms. The quantitative estimate of drug-likeness (QED) is 0.220. The molecule has 3 aromatic carbocycles. The fourth-order valence-electron chi connectivity index (χ4n) is 5.82. The number of hydrogen-bond acceptors (Lipinski definition) is 2. The normalized spacial score (nSPS) is 16.6. The van der Waals surface area contributed by atoms with Crippen molar-refractivity contribution in [1.29, 1.82) is 0 Å². The van der Waals surface area contributed by atoms with Crippen LogP contribution in [0.2, 0.25) is 0 Å². The Kier molecular flexibility index (Phi) is 9.92. The third kappa shape index (κ3) is 6.62. The van der Waals surface area contributed by atoms with Crippen LogP contribution in [0.4, 0.5) is 0 Å². The van der Waals surface area contributed by atoms with Crippen LogP contribution in [0.15, 0.2) is 115 Å². The minimum absolute atomic E-state index is 0.0370. The van der Waals surface area contributed by atoms with Crippen molar-refractivity contribution in [1.82, 2.24) is 10.2 Å². The van der Waals surface area contributed by atoms with Crippen molar-refractivity contribution < 1.29 is 0 Å². The second kappa shape index (κ2) is 13.6. The Labute approximate surface area is 230 Å². The summed E-state index contributed by atoms with van der Waals surface area (Å²) in [6, 6.07) is 29.2. The van der Waals surface area contributed by atoms with Gasteiger partial charge in [0.2, 0.25) is 0 Å². The molecule has 0 amide bonds. The lowest BCUT2D eigenvalue weighted by Crippen LogP contribution is -2.52. The average Bonchev–Trinajstić information content (AvgIpc) is 2.96. The van der Waals surface area contributed by atoms with Crippen LogP contribution < -0.4 is 5.32 Å². The van der Waals surface area contributed by atoms with Crippen LogP contribution >= 0.6 is 0 Å². The van der Waals surface area contributed by atoms with Gasteiger partial charge in [0.1, 0.15) is 0 Å². The Balaban J connectivity index is 1.63. The second-order valence-electron chi connectivity index (χ2n) is 10.6. The molecule has 0 bridgehead atoms. The highest BCUT2D eigenvalue weighted by Gasteiger charge is 2.38. The van der Waals surface area contributed by atoms with Crippen LogP contribution in [-0.2, 0) is 5.54 Å². The van der Waals surface area contributed by atoms with Gasteiger partial charge in [0.15, 0.2) is 0 Å². The number of hydrogen-bond donors (Lipinski definition) is 1. The SMILES string of the molecule is C/C=C\C=C(/C/C=C/C)CNC1(c2ccccc2)CCN(C(c2ccccc2C)c2ccccc2C)CC1. The van der Waals surface area contributed by atoms with Crippen molar-refractivity contribution in [2.75, 3.05) is 19.6 Å². The van der Waals surface area contributed by atoms with Crippen LogP contribution in [0.5, 0.6) is 0 Å². The number of likely N-dealkylation sites (tertiary alicyclic amines) is 1. The minimum Gasteiger partial charge on any atom is -0.303 e. The van der Waals surface area contributed by atoms with Gasteiger partial charge in [0.05, 0.1) is 6.04 Å².